The van der Waals surface area contributed by atoms with E-state index in [2.05, 4.69) is 4.90 Å². The van der Waals surface area contributed by atoms with Crippen molar-refractivity contribution in [1.29, 1.82) is 0 Å². The highest BCUT2D eigenvalue weighted by atomic mass is 16.5. The van der Waals surface area contributed by atoms with Crippen molar-refractivity contribution in [3.05, 3.63) is 0 Å². The predicted molar refractivity (Wildman–Crippen MR) is 49.5 cm³/mol. The highest BCUT2D eigenvalue weighted by Crippen LogP contribution is 2.04. The van der Waals surface area contributed by atoms with Crippen LogP contribution in [0.2, 0.25) is 0 Å². The third kappa shape index (κ3) is 4.04. The van der Waals surface area contributed by atoms with Crippen LogP contribution in [0.25, 0.3) is 0 Å². The quantitative estimate of drug-likeness (QED) is 0.617. The summed E-state index contributed by atoms with van der Waals surface area (Å²) in [4.78, 5) is 2.14. The van der Waals surface area contributed by atoms with E-state index in [1.54, 1.807) is 0 Å². The molecule has 2 atom stereocenters. The van der Waals surface area contributed by atoms with Crippen molar-refractivity contribution in [3.8, 4) is 0 Å². The van der Waals surface area contributed by atoms with E-state index in [-0.39, 0.29) is 18.6 Å². The molecule has 0 spiro atoms. The minimum absolute atomic E-state index is 0.202. The Morgan fingerprint density at radius 3 is 3.08 bits per heavy atom. The van der Waals surface area contributed by atoms with E-state index in [9.17, 15) is 5.11 Å². The number of ether oxygens (including phenoxy) is 1. The van der Waals surface area contributed by atoms with E-state index >= 15 is 0 Å². The summed E-state index contributed by atoms with van der Waals surface area (Å²) in [5.41, 5.74) is 0. The molecule has 0 aliphatic carbocycles. The standard InChI is InChI=1S/C9H19NO3/c1-8(6-11)4-10-2-3-13-7-9(12)5-10/h8-9,11-12H,2-7H2,1H3. The molecule has 1 fully saturated rings. The molecule has 1 rings (SSSR count). The van der Waals surface area contributed by atoms with Crippen LogP contribution in [0.15, 0.2) is 0 Å². The maximum atomic E-state index is 9.42. The molecule has 0 saturated carbocycles. The Balaban J connectivity index is 2.30. The van der Waals surface area contributed by atoms with Crippen LogP contribution in [0, 0.1) is 5.92 Å². The Bertz CT molecular complexity index is 143. The molecule has 0 radical (unpaired) electrons. The smallest absolute Gasteiger partial charge is 0.0900 e. The first kappa shape index (κ1) is 10.9. The van der Waals surface area contributed by atoms with Crippen LogP contribution < -0.4 is 0 Å². The van der Waals surface area contributed by atoms with E-state index in [1.807, 2.05) is 6.92 Å². The normalized spacial score (nSPS) is 28.4. The van der Waals surface area contributed by atoms with Crippen LogP contribution in [-0.2, 0) is 4.74 Å². The summed E-state index contributed by atoms with van der Waals surface area (Å²) >= 11 is 0. The van der Waals surface area contributed by atoms with Gasteiger partial charge in [-0.1, -0.05) is 6.92 Å². The molecule has 0 aromatic carbocycles. The maximum Gasteiger partial charge on any atom is 0.0900 e. The van der Waals surface area contributed by atoms with Gasteiger partial charge in [0.25, 0.3) is 0 Å². The fourth-order valence-electron chi connectivity index (χ4n) is 1.52. The van der Waals surface area contributed by atoms with Gasteiger partial charge in [0, 0.05) is 26.2 Å². The Hall–Kier alpha value is -0.160. The van der Waals surface area contributed by atoms with E-state index < -0.39 is 0 Å². The summed E-state index contributed by atoms with van der Waals surface area (Å²) in [6.07, 6.45) is -0.381. The molecule has 2 N–H and O–H groups in total. The van der Waals surface area contributed by atoms with Gasteiger partial charge < -0.3 is 14.9 Å². The van der Waals surface area contributed by atoms with Gasteiger partial charge in [0.2, 0.25) is 0 Å². The molecule has 0 bridgehead atoms. The summed E-state index contributed by atoms with van der Waals surface area (Å²) in [6, 6.07) is 0. The first-order valence-electron chi connectivity index (χ1n) is 4.81. The highest BCUT2D eigenvalue weighted by molar-refractivity contribution is 4.69. The Labute approximate surface area is 79.1 Å². The molecule has 0 aromatic heterocycles. The summed E-state index contributed by atoms with van der Waals surface area (Å²) in [5, 5.41) is 18.3. The fourth-order valence-corrected chi connectivity index (χ4v) is 1.52. The first-order chi connectivity index (χ1) is 6.22. The van der Waals surface area contributed by atoms with Crippen molar-refractivity contribution in [3.63, 3.8) is 0 Å². The second-order valence-corrected chi connectivity index (χ2v) is 3.78. The SMILES string of the molecule is CC(CO)CN1CCOCC(O)C1. The van der Waals surface area contributed by atoms with Gasteiger partial charge in [0.15, 0.2) is 0 Å². The van der Waals surface area contributed by atoms with Gasteiger partial charge in [-0.15, -0.1) is 0 Å². The summed E-state index contributed by atoms with van der Waals surface area (Å²) in [6.45, 7) is 5.65. The molecule has 13 heavy (non-hydrogen) atoms. The molecule has 4 nitrogen and oxygen atoms in total. The second-order valence-electron chi connectivity index (χ2n) is 3.78. The molecule has 1 saturated heterocycles. The van der Waals surface area contributed by atoms with Crippen molar-refractivity contribution >= 4 is 0 Å². The number of aliphatic hydroxyl groups excluding tert-OH is 2. The van der Waals surface area contributed by atoms with Crippen LogP contribution in [0.4, 0.5) is 0 Å². The number of aliphatic hydroxyl groups is 2. The predicted octanol–water partition coefficient (Wildman–Crippen LogP) is -0.692. The van der Waals surface area contributed by atoms with E-state index in [4.69, 9.17) is 9.84 Å². The van der Waals surface area contributed by atoms with Gasteiger partial charge in [-0.25, -0.2) is 0 Å². The lowest BCUT2D eigenvalue weighted by Crippen LogP contribution is -2.36. The van der Waals surface area contributed by atoms with Crippen molar-refractivity contribution in [2.45, 2.75) is 13.0 Å². The Morgan fingerprint density at radius 2 is 2.38 bits per heavy atom. The average molecular weight is 189 g/mol. The lowest BCUT2D eigenvalue weighted by molar-refractivity contribution is 0.0554. The summed E-state index contributed by atoms with van der Waals surface area (Å²) in [5.74, 6) is 0.269. The number of nitrogens with zero attached hydrogens (tertiary/aromatic N) is 1. The molecular formula is C9H19NO3. The minimum atomic E-state index is -0.381. The minimum Gasteiger partial charge on any atom is -0.396 e. The number of hydrogen-bond acceptors (Lipinski definition) is 4. The largest absolute Gasteiger partial charge is 0.396 e. The van der Waals surface area contributed by atoms with Gasteiger partial charge in [0.1, 0.15) is 0 Å². The van der Waals surface area contributed by atoms with Crippen LogP contribution in [-0.4, -0.2) is 60.7 Å². The molecule has 1 heterocycles. The zero-order valence-electron chi connectivity index (χ0n) is 8.15. The van der Waals surface area contributed by atoms with Gasteiger partial charge in [-0.3, -0.25) is 4.90 Å². The van der Waals surface area contributed by atoms with Crippen LogP contribution >= 0.6 is 0 Å². The lowest BCUT2D eigenvalue weighted by atomic mass is 10.2. The van der Waals surface area contributed by atoms with Gasteiger partial charge >= 0.3 is 0 Å². The number of hydrogen-bond donors (Lipinski definition) is 2. The van der Waals surface area contributed by atoms with Gasteiger partial charge in [0.05, 0.1) is 19.3 Å². The highest BCUT2D eigenvalue weighted by Gasteiger charge is 2.17. The van der Waals surface area contributed by atoms with Crippen LogP contribution in [0.3, 0.4) is 0 Å². The van der Waals surface area contributed by atoms with Crippen LogP contribution in [0.5, 0.6) is 0 Å². The maximum absolute atomic E-state index is 9.42. The van der Waals surface area contributed by atoms with Gasteiger partial charge in [-0.2, -0.15) is 0 Å². The number of β-amino-alcohol motifs (C(OH)–C–C–N with tert-alkyl or cyclic N) is 1. The summed E-state index contributed by atoms with van der Waals surface area (Å²) < 4.78 is 5.20. The molecular weight excluding hydrogens is 170 g/mol. The third-order valence-electron chi connectivity index (χ3n) is 2.21. The van der Waals surface area contributed by atoms with E-state index in [0.717, 1.165) is 13.1 Å². The molecule has 1 aliphatic rings. The molecule has 1 aliphatic heterocycles. The molecule has 4 heteroatoms. The average Bonchev–Trinajstić information content (AvgIpc) is 2.30. The second kappa shape index (κ2) is 5.54. The fraction of sp³-hybridized carbons (Fsp3) is 1.00. The van der Waals surface area contributed by atoms with Crippen molar-refractivity contribution < 1.29 is 14.9 Å². The zero-order chi connectivity index (χ0) is 9.68. The van der Waals surface area contributed by atoms with Crippen molar-refractivity contribution in [2.75, 3.05) is 39.5 Å². The zero-order valence-corrected chi connectivity index (χ0v) is 8.15. The third-order valence-corrected chi connectivity index (χ3v) is 2.21. The monoisotopic (exact) mass is 189 g/mol. The topological polar surface area (TPSA) is 52.9 Å². The molecule has 0 aromatic rings. The van der Waals surface area contributed by atoms with Crippen molar-refractivity contribution in [2.24, 2.45) is 5.92 Å². The molecule has 0 amide bonds. The molecule has 2 unspecified atom stereocenters. The number of rotatable bonds is 3. The Kier molecular flexibility index (Phi) is 4.66. The van der Waals surface area contributed by atoms with Crippen molar-refractivity contribution in [1.82, 2.24) is 4.90 Å². The van der Waals surface area contributed by atoms with Gasteiger partial charge in [-0.05, 0) is 5.92 Å². The lowest BCUT2D eigenvalue weighted by Gasteiger charge is -2.23. The molecule has 78 valence electrons. The van der Waals surface area contributed by atoms with Crippen LogP contribution in [0.1, 0.15) is 6.92 Å². The van der Waals surface area contributed by atoms with E-state index in [1.165, 1.54) is 0 Å². The Morgan fingerprint density at radius 1 is 1.62 bits per heavy atom. The summed E-state index contributed by atoms with van der Waals surface area (Å²) in [7, 11) is 0. The van der Waals surface area contributed by atoms with E-state index in [0.29, 0.717) is 19.8 Å². The first-order valence-corrected chi connectivity index (χ1v) is 4.81.